The van der Waals surface area contributed by atoms with E-state index in [1.54, 1.807) is 21.1 Å². The number of hydrogen-bond donors (Lipinski definition) is 2. The Morgan fingerprint density at radius 3 is 2.30 bits per heavy atom. The molecule has 1 aromatic rings. The van der Waals surface area contributed by atoms with Crippen LogP contribution in [0.1, 0.15) is 52.5 Å². The molecule has 2 amide bonds. The van der Waals surface area contributed by atoms with Gasteiger partial charge < -0.3 is 10.1 Å². The molecule has 0 fully saturated rings. The Bertz CT molecular complexity index is 697. The van der Waals surface area contributed by atoms with E-state index in [4.69, 9.17) is 4.74 Å². The summed E-state index contributed by atoms with van der Waals surface area (Å²) in [5.74, 6) is -0.578. The maximum absolute atomic E-state index is 13.2. The van der Waals surface area contributed by atoms with Crippen molar-refractivity contribution in [1.29, 1.82) is 0 Å². The maximum atomic E-state index is 13.2. The average molecular weight is 421 g/mol. The minimum atomic E-state index is -0.670. The van der Waals surface area contributed by atoms with Crippen LogP contribution >= 0.6 is 0 Å². The monoisotopic (exact) mass is 420 g/mol. The molecule has 0 radical (unpaired) electrons. The van der Waals surface area contributed by atoms with Crippen LogP contribution in [0.5, 0.6) is 5.75 Å². The lowest BCUT2D eigenvalue weighted by Crippen LogP contribution is -2.43. The molecule has 0 aliphatic carbocycles. The van der Waals surface area contributed by atoms with Gasteiger partial charge in [-0.3, -0.25) is 19.6 Å². The summed E-state index contributed by atoms with van der Waals surface area (Å²) < 4.78 is 5.16. The molecule has 0 heterocycles. The molecule has 0 unspecified atom stereocenters. The number of hydrogen-bond acceptors (Lipinski definition) is 5. The van der Waals surface area contributed by atoms with Crippen molar-refractivity contribution < 1.29 is 24.3 Å². The van der Waals surface area contributed by atoms with Gasteiger partial charge in [-0.25, -0.2) is 5.06 Å². The molecule has 0 aliphatic heterocycles. The lowest BCUT2D eigenvalue weighted by Gasteiger charge is -2.32. The lowest BCUT2D eigenvalue weighted by molar-refractivity contribution is -0.166. The lowest BCUT2D eigenvalue weighted by atomic mass is 9.74. The highest BCUT2D eigenvalue weighted by Gasteiger charge is 2.36. The van der Waals surface area contributed by atoms with E-state index in [2.05, 4.69) is 5.32 Å². The summed E-state index contributed by atoms with van der Waals surface area (Å²) in [5.41, 5.74) is 0.722. The fourth-order valence-electron chi connectivity index (χ4n) is 3.59. The molecule has 0 aliphatic rings. The molecular weight excluding hydrogens is 384 g/mol. The molecular formula is C23H36N2O5. The largest absolute Gasteiger partial charge is 0.497 e. The van der Waals surface area contributed by atoms with Crippen molar-refractivity contribution in [2.24, 2.45) is 17.3 Å². The normalized spacial score (nSPS) is 14.4. The molecule has 3 atom stereocenters. The van der Waals surface area contributed by atoms with Crippen LogP contribution in [0.15, 0.2) is 24.3 Å². The van der Waals surface area contributed by atoms with E-state index in [1.807, 2.05) is 45.0 Å². The SMILES string of the molecule is CNC(=O)[C@@H](CC(=O)[C@H](CCCc1ccc(OC)cc1)[C@H](C)N(O)C=O)C(C)(C)C. The third kappa shape index (κ3) is 7.44. The van der Waals surface area contributed by atoms with E-state index in [0.29, 0.717) is 24.3 Å². The zero-order valence-corrected chi connectivity index (χ0v) is 19.0. The Hall–Kier alpha value is -2.41. The van der Waals surface area contributed by atoms with Gasteiger partial charge >= 0.3 is 0 Å². The van der Waals surface area contributed by atoms with Gasteiger partial charge in [-0.1, -0.05) is 32.9 Å². The number of benzene rings is 1. The molecule has 30 heavy (non-hydrogen) atoms. The molecule has 0 bridgehead atoms. The summed E-state index contributed by atoms with van der Waals surface area (Å²) in [4.78, 5) is 36.6. The van der Waals surface area contributed by atoms with E-state index >= 15 is 0 Å². The summed E-state index contributed by atoms with van der Waals surface area (Å²) in [5, 5.41) is 13.1. The summed E-state index contributed by atoms with van der Waals surface area (Å²) in [6.45, 7) is 7.42. The number of carbonyl (C=O) groups is 3. The first-order chi connectivity index (χ1) is 14.0. The van der Waals surface area contributed by atoms with E-state index in [0.717, 1.165) is 17.7 Å². The first-order valence-electron chi connectivity index (χ1n) is 10.3. The molecule has 0 aromatic heterocycles. The Kier molecular flexibility index (Phi) is 9.99. The molecule has 2 N–H and O–H groups in total. The van der Waals surface area contributed by atoms with Gasteiger partial charge in [0.25, 0.3) is 0 Å². The van der Waals surface area contributed by atoms with Crippen LogP contribution in [0, 0.1) is 17.3 Å². The summed E-state index contributed by atoms with van der Waals surface area (Å²) in [7, 11) is 3.17. The van der Waals surface area contributed by atoms with E-state index < -0.39 is 23.3 Å². The molecule has 7 heteroatoms. The number of ether oxygens (including phenoxy) is 1. The topological polar surface area (TPSA) is 95.9 Å². The van der Waals surface area contributed by atoms with Gasteiger partial charge in [0.1, 0.15) is 11.5 Å². The van der Waals surface area contributed by atoms with E-state index in [-0.39, 0.29) is 18.1 Å². The van der Waals surface area contributed by atoms with Crippen molar-refractivity contribution in [3.8, 4) is 5.75 Å². The number of nitrogens with one attached hydrogen (secondary N) is 1. The van der Waals surface area contributed by atoms with Gasteiger partial charge in [0.05, 0.1) is 13.2 Å². The molecule has 1 rings (SSSR count). The number of Topliss-reactive ketones (excluding diaryl/α,β-unsaturated/α-hetero) is 1. The number of ketones is 1. The molecule has 0 saturated heterocycles. The fourth-order valence-corrected chi connectivity index (χ4v) is 3.59. The van der Waals surface area contributed by atoms with Crippen LogP contribution in [0.4, 0.5) is 0 Å². The van der Waals surface area contributed by atoms with Crippen LogP contribution in [0.2, 0.25) is 0 Å². The van der Waals surface area contributed by atoms with E-state index in [9.17, 15) is 19.6 Å². The van der Waals surface area contributed by atoms with Gasteiger partial charge in [-0.2, -0.15) is 0 Å². The number of methoxy groups -OCH3 is 1. The second kappa shape index (κ2) is 11.7. The highest BCUT2D eigenvalue weighted by atomic mass is 16.5. The predicted molar refractivity (Wildman–Crippen MR) is 115 cm³/mol. The molecule has 0 saturated carbocycles. The van der Waals surface area contributed by atoms with E-state index in [1.165, 1.54) is 0 Å². The summed E-state index contributed by atoms with van der Waals surface area (Å²) in [6.07, 6.45) is 2.34. The average Bonchev–Trinajstić information content (AvgIpc) is 2.72. The molecule has 7 nitrogen and oxygen atoms in total. The zero-order valence-electron chi connectivity index (χ0n) is 19.0. The van der Waals surface area contributed by atoms with Gasteiger partial charge in [-0.15, -0.1) is 0 Å². The molecule has 1 aromatic carbocycles. The van der Waals surface area contributed by atoms with Crippen molar-refractivity contribution in [2.75, 3.05) is 14.2 Å². The third-order valence-corrected chi connectivity index (χ3v) is 5.67. The second-order valence-electron chi connectivity index (χ2n) is 8.78. The van der Waals surface area contributed by atoms with Crippen molar-refractivity contribution >= 4 is 18.1 Å². The fraction of sp³-hybridized carbons (Fsp3) is 0.609. The van der Waals surface area contributed by atoms with Gasteiger partial charge in [0.15, 0.2) is 0 Å². The van der Waals surface area contributed by atoms with Crippen LogP contribution in [-0.2, 0) is 20.8 Å². The highest BCUT2D eigenvalue weighted by Crippen LogP contribution is 2.32. The number of nitrogens with zero attached hydrogens (tertiary/aromatic N) is 1. The molecule has 0 spiro atoms. The Morgan fingerprint density at radius 2 is 1.83 bits per heavy atom. The minimum Gasteiger partial charge on any atom is -0.497 e. The van der Waals surface area contributed by atoms with Crippen molar-refractivity contribution in [2.45, 2.75) is 59.4 Å². The summed E-state index contributed by atoms with van der Waals surface area (Å²) in [6, 6.07) is 7.06. The third-order valence-electron chi connectivity index (χ3n) is 5.67. The van der Waals surface area contributed by atoms with Gasteiger partial charge in [-0.05, 0) is 49.3 Å². The second-order valence-corrected chi connectivity index (χ2v) is 8.78. The zero-order chi connectivity index (χ0) is 22.9. The first-order valence-corrected chi connectivity index (χ1v) is 10.3. The Labute approximate surface area is 179 Å². The van der Waals surface area contributed by atoms with Crippen molar-refractivity contribution in [3.05, 3.63) is 29.8 Å². The number of amides is 2. The van der Waals surface area contributed by atoms with Crippen molar-refractivity contribution in [3.63, 3.8) is 0 Å². The minimum absolute atomic E-state index is 0.0629. The first kappa shape index (κ1) is 25.6. The van der Waals surface area contributed by atoms with Gasteiger partial charge in [0, 0.05) is 25.3 Å². The quantitative estimate of drug-likeness (QED) is 0.307. The summed E-state index contributed by atoms with van der Waals surface area (Å²) >= 11 is 0. The number of hydroxylamine groups is 2. The van der Waals surface area contributed by atoms with Crippen LogP contribution in [0.25, 0.3) is 0 Å². The number of aryl methyl sites for hydroxylation is 1. The standard InChI is InChI=1S/C23H36N2O5/c1-16(25(29)15-26)19(9-7-8-17-10-12-18(30-6)13-11-17)21(27)14-20(22(28)24-5)23(2,3)4/h10-13,15-16,19-20,29H,7-9,14H2,1-6H3,(H,24,28)/t16-,19+,20+/m0/s1. The smallest absolute Gasteiger partial charge is 0.233 e. The number of rotatable bonds is 12. The van der Waals surface area contributed by atoms with Crippen LogP contribution in [-0.4, -0.2) is 48.6 Å². The van der Waals surface area contributed by atoms with Crippen LogP contribution < -0.4 is 10.1 Å². The van der Waals surface area contributed by atoms with Crippen LogP contribution in [0.3, 0.4) is 0 Å². The highest BCUT2D eigenvalue weighted by molar-refractivity contribution is 5.88. The predicted octanol–water partition coefficient (Wildman–Crippen LogP) is 3.24. The molecule has 168 valence electrons. The Balaban J connectivity index is 2.91. The number of carbonyl (C=O) groups excluding carboxylic acids is 3. The van der Waals surface area contributed by atoms with Gasteiger partial charge in [0.2, 0.25) is 12.3 Å². The maximum Gasteiger partial charge on any atom is 0.233 e. The Morgan fingerprint density at radius 1 is 1.23 bits per heavy atom. The van der Waals surface area contributed by atoms with Crippen molar-refractivity contribution in [1.82, 2.24) is 10.4 Å².